The summed E-state index contributed by atoms with van der Waals surface area (Å²) in [4.78, 5) is 10.7. The quantitative estimate of drug-likeness (QED) is 0.770. The summed E-state index contributed by atoms with van der Waals surface area (Å²) in [6, 6.07) is 5.82. The maximum absolute atomic E-state index is 12.1. The van der Waals surface area contributed by atoms with Crippen molar-refractivity contribution in [3.63, 3.8) is 0 Å². The number of benzene rings is 1. The van der Waals surface area contributed by atoms with Crippen molar-refractivity contribution in [1.82, 2.24) is 4.72 Å². The van der Waals surface area contributed by atoms with Gasteiger partial charge in [0.1, 0.15) is 0 Å². The molecular weight excluding hydrogens is 278 g/mol. The highest BCUT2D eigenvalue weighted by atomic mass is 32.2. The predicted molar refractivity (Wildman–Crippen MR) is 77.1 cm³/mol. The SMILES string of the molecule is CCCCC(C)NS(=O)(=O)c1ccc(CC(=O)O)cc1. The molecule has 0 radical (unpaired) electrons. The highest BCUT2D eigenvalue weighted by molar-refractivity contribution is 7.89. The van der Waals surface area contributed by atoms with E-state index >= 15 is 0 Å². The van der Waals surface area contributed by atoms with Crippen LogP contribution in [0, 0.1) is 0 Å². The molecule has 0 aliphatic carbocycles. The number of carboxylic acids is 1. The first-order chi connectivity index (χ1) is 9.35. The Bertz CT molecular complexity index is 537. The van der Waals surface area contributed by atoms with Crippen LogP contribution in [0.15, 0.2) is 29.2 Å². The van der Waals surface area contributed by atoms with E-state index in [1.54, 1.807) is 0 Å². The minimum Gasteiger partial charge on any atom is -0.481 e. The zero-order valence-electron chi connectivity index (χ0n) is 11.8. The molecule has 0 fully saturated rings. The van der Waals surface area contributed by atoms with Crippen molar-refractivity contribution in [3.8, 4) is 0 Å². The summed E-state index contributed by atoms with van der Waals surface area (Å²) in [6.07, 6.45) is 2.69. The average Bonchev–Trinajstić information content (AvgIpc) is 2.35. The van der Waals surface area contributed by atoms with Crippen molar-refractivity contribution >= 4 is 16.0 Å². The van der Waals surface area contributed by atoms with E-state index in [9.17, 15) is 13.2 Å². The van der Waals surface area contributed by atoms with Gasteiger partial charge in [-0.25, -0.2) is 13.1 Å². The van der Waals surface area contributed by atoms with Crippen molar-refractivity contribution in [2.75, 3.05) is 0 Å². The fourth-order valence-electron chi connectivity index (χ4n) is 1.86. The van der Waals surface area contributed by atoms with Crippen LogP contribution in [-0.2, 0) is 21.2 Å². The third-order valence-electron chi connectivity index (χ3n) is 2.94. The number of sulfonamides is 1. The standard InChI is InChI=1S/C14H21NO4S/c1-3-4-5-11(2)15-20(18,19)13-8-6-12(7-9-13)10-14(16)17/h6-9,11,15H,3-5,10H2,1-2H3,(H,16,17). The van der Waals surface area contributed by atoms with Crippen LogP contribution < -0.4 is 4.72 Å². The molecule has 1 aromatic carbocycles. The van der Waals surface area contributed by atoms with E-state index in [2.05, 4.69) is 11.6 Å². The molecule has 0 heterocycles. The van der Waals surface area contributed by atoms with Crippen molar-refractivity contribution in [3.05, 3.63) is 29.8 Å². The maximum atomic E-state index is 12.1. The van der Waals surface area contributed by atoms with Crippen molar-refractivity contribution in [2.45, 2.75) is 50.5 Å². The first-order valence-electron chi connectivity index (χ1n) is 6.68. The fourth-order valence-corrected chi connectivity index (χ4v) is 3.14. The number of hydrogen-bond acceptors (Lipinski definition) is 3. The molecule has 0 amide bonds. The predicted octanol–water partition coefficient (Wildman–Crippen LogP) is 2.17. The number of unbranched alkanes of at least 4 members (excludes halogenated alkanes) is 1. The van der Waals surface area contributed by atoms with Gasteiger partial charge in [0.05, 0.1) is 11.3 Å². The fraction of sp³-hybridized carbons (Fsp3) is 0.500. The van der Waals surface area contributed by atoms with Gasteiger partial charge < -0.3 is 5.11 Å². The lowest BCUT2D eigenvalue weighted by atomic mass is 10.2. The topological polar surface area (TPSA) is 83.5 Å². The molecule has 0 aliphatic heterocycles. The van der Waals surface area contributed by atoms with E-state index < -0.39 is 16.0 Å². The Hall–Kier alpha value is -1.40. The van der Waals surface area contributed by atoms with Crippen molar-refractivity contribution in [1.29, 1.82) is 0 Å². The van der Waals surface area contributed by atoms with Gasteiger partial charge >= 0.3 is 5.97 Å². The number of carbonyl (C=O) groups is 1. The third-order valence-corrected chi connectivity index (χ3v) is 4.54. The Morgan fingerprint density at radius 3 is 2.40 bits per heavy atom. The summed E-state index contributed by atoms with van der Waals surface area (Å²) in [5.74, 6) is -0.938. The van der Waals surface area contributed by atoms with E-state index in [1.807, 2.05) is 6.92 Å². The number of hydrogen-bond donors (Lipinski definition) is 2. The van der Waals surface area contributed by atoms with Crippen LogP contribution in [0.5, 0.6) is 0 Å². The van der Waals surface area contributed by atoms with Crippen LogP contribution in [0.1, 0.15) is 38.7 Å². The van der Waals surface area contributed by atoms with Crippen molar-refractivity contribution in [2.24, 2.45) is 0 Å². The second-order valence-corrected chi connectivity index (χ2v) is 6.59. The summed E-state index contributed by atoms with van der Waals surface area (Å²) in [7, 11) is -3.53. The van der Waals surface area contributed by atoms with Crippen molar-refractivity contribution < 1.29 is 18.3 Å². The van der Waals surface area contributed by atoms with Gasteiger partial charge in [-0.2, -0.15) is 0 Å². The zero-order chi connectivity index (χ0) is 15.2. The highest BCUT2D eigenvalue weighted by Crippen LogP contribution is 2.12. The summed E-state index contributed by atoms with van der Waals surface area (Å²) in [6.45, 7) is 3.90. The Morgan fingerprint density at radius 1 is 1.30 bits per heavy atom. The number of rotatable bonds is 8. The van der Waals surface area contributed by atoms with Gasteiger partial charge in [-0.05, 0) is 31.0 Å². The number of nitrogens with one attached hydrogen (secondary N) is 1. The molecule has 0 aromatic heterocycles. The van der Waals surface area contributed by atoms with Crippen LogP contribution in [0.2, 0.25) is 0 Å². The maximum Gasteiger partial charge on any atom is 0.307 e. The van der Waals surface area contributed by atoms with E-state index in [-0.39, 0.29) is 17.4 Å². The molecule has 0 aliphatic rings. The molecule has 1 atom stereocenters. The smallest absolute Gasteiger partial charge is 0.307 e. The van der Waals surface area contributed by atoms with E-state index in [0.29, 0.717) is 5.56 Å². The van der Waals surface area contributed by atoms with Crippen LogP contribution in [0.3, 0.4) is 0 Å². The van der Waals surface area contributed by atoms with Gasteiger partial charge in [-0.3, -0.25) is 4.79 Å². The Kier molecular flexibility index (Phi) is 6.16. The molecule has 0 saturated heterocycles. The Balaban J connectivity index is 2.74. The lowest BCUT2D eigenvalue weighted by Gasteiger charge is -2.14. The molecule has 2 N–H and O–H groups in total. The monoisotopic (exact) mass is 299 g/mol. The van der Waals surface area contributed by atoms with Gasteiger partial charge in [-0.1, -0.05) is 31.9 Å². The Morgan fingerprint density at radius 2 is 1.90 bits per heavy atom. The van der Waals surface area contributed by atoms with E-state index in [4.69, 9.17) is 5.11 Å². The third kappa shape index (κ3) is 5.30. The lowest BCUT2D eigenvalue weighted by Crippen LogP contribution is -2.32. The summed E-state index contributed by atoms with van der Waals surface area (Å²) >= 11 is 0. The average molecular weight is 299 g/mol. The van der Waals surface area contributed by atoms with E-state index in [0.717, 1.165) is 19.3 Å². The second-order valence-electron chi connectivity index (χ2n) is 4.88. The molecule has 112 valence electrons. The minimum absolute atomic E-state index is 0.110. The van der Waals surface area contributed by atoms with Gasteiger partial charge in [0.25, 0.3) is 0 Å². The molecule has 6 heteroatoms. The Labute approximate surface area is 120 Å². The van der Waals surface area contributed by atoms with Crippen LogP contribution >= 0.6 is 0 Å². The number of carboxylic acid groups (broad SMARTS) is 1. The largest absolute Gasteiger partial charge is 0.481 e. The zero-order valence-corrected chi connectivity index (χ0v) is 12.6. The number of aliphatic carboxylic acids is 1. The second kappa shape index (κ2) is 7.40. The molecule has 5 nitrogen and oxygen atoms in total. The summed E-state index contributed by atoms with van der Waals surface area (Å²) in [5, 5.41) is 8.67. The molecule has 20 heavy (non-hydrogen) atoms. The molecule has 0 bridgehead atoms. The molecular formula is C14H21NO4S. The van der Waals surface area contributed by atoms with Crippen LogP contribution in [-0.4, -0.2) is 25.5 Å². The first-order valence-corrected chi connectivity index (χ1v) is 8.16. The molecule has 1 aromatic rings. The van der Waals surface area contributed by atoms with Gasteiger partial charge in [-0.15, -0.1) is 0 Å². The highest BCUT2D eigenvalue weighted by Gasteiger charge is 2.17. The summed E-state index contributed by atoms with van der Waals surface area (Å²) < 4.78 is 26.8. The minimum atomic E-state index is -3.53. The van der Waals surface area contributed by atoms with Gasteiger partial charge in [0.15, 0.2) is 0 Å². The molecule has 1 unspecified atom stereocenters. The van der Waals surface area contributed by atoms with Gasteiger partial charge in [0, 0.05) is 6.04 Å². The van der Waals surface area contributed by atoms with E-state index in [1.165, 1.54) is 24.3 Å². The normalized spacial score (nSPS) is 13.1. The van der Waals surface area contributed by atoms with Crippen LogP contribution in [0.4, 0.5) is 0 Å². The molecule has 1 rings (SSSR count). The molecule has 0 saturated carbocycles. The molecule has 0 spiro atoms. The first kappa shape index (κ1) is 16.7. The lowest BCUT2D eigenvalue weighted by molar-refractivity contribution is -0.136. The van der Waals surface area contributed by atoms with Crippen LogP contribution in [0.25, 0.3) is 0 Å². The van der Waals surface area contributed by atoms with Gasteiger partial charge in [0.2, 0.25) is 10.0 Å². The summed E-state index contributed by atoms with van der Waals surface area (Å²) in [5.41, 5.74) is 0.579.